The molecule has 28 heavy (non-hydrogen) atoms. The van der Waals surface area contributed by atoms with Crippen LogP contribution in [0.1, 0.15) is 22.8 Å². The second-order valence-electron chi connectivity index (χ2n) is 5.94. The second-order valence-corrected chi connectivity index (χ2v) is 6.93. The van der Waals surface area contributed by atoms with Crippen LogP contribution < -0.4 is 0 Å². The molecular formula is C18H16N4O5S. The second kappa shape index (κ2) is 7.69. The summed E-state index contributed by atoms with van der Waals surface area (Å²) in [4.78, 5) is 22.1. The Labute approximate surface area is 163 Å². The summed E-state index contributed by atoms with van der Waals surface area (Å²) in [5.74, 6) is -0.760. The molecule has 0 saturated carbocycles. The minimum atomic E-state index is -1.11. The molecule has 144 valence electrons. The van der Waals surface area contributed by atoms with E-state index in [2.05, 4.69) is 10.2 Å². The molecule has 0 aliphatic heterocycles. The predicted molar refractivity (Wildman–Crippen MR) is 102 cm³/mol. The number of hydrogen-bond donors (Lipinski definition) is 1. The van der Waals surface area contributed by atoms with E-state index in [1.807, 2.05) is 24.5 Å². The highest BCUT2D eigenvalue weighted by Crippen LogP contribution is 2.30. The number of non-ortho nitro benzene ring substituents is 1. The smallest absolute Gasteiger partial charge is 0.342 e. The lowest BCUT2D eigenvalue weighted by atomic mass is 10.2. The predicted octanol–water partition coefficient (Wildman–Crippen LogP) is 3.91. The maximum Gasteiger partial charge on any atom is 0.342 e. The zero-order chi connectivity index (χ0) is 20.4. The number of nitro groups is 1. The molecule has 2 heterocycles. The molecule has 0 radical (unpaired) electrons. The zero-order valence-corrected chi connectivity index (χ0v) is 16.1. The van der Waals surface area contributed by atoms with E-state index in [9.17, 15) is 20.0 Å². The highest BCUT2D eigenvalue weighted by Gasteiger charge is 2.17. The first kappa shape index (κ1) is 19.4. The van der Waals surface area contributed by atoms with Crippen molar-refractivity contribution < 1.29 is 19.2 Å². The van der Waals surface area contributed by atoms with Crippen molar-refractivity contribution >= 4 is 29.5 Å². The van der Waals surface area contributed by atoms with E-state index in [0.29, 0.717) is 11.5 Å². The fourth-order valence-corrected chi connectivity index (χ4v) is 3.45. The van der Waals surface area contributed by atoms with Crippen molar-refractivity contribution in [3.63, 3.8) is 0 Å². The number of carbonyl (C=O) groups is 1. The van der Waals surface area contributed by atoms with E-state index in [1.54, 1.807) is 19.1 Å². The van der Waals surface area contributed by atoms with Gasteiger partial charge in [0, 0.05) is 36.1 Å². The lowest BCUT2D eigenvalue weighted by molar-refractivity contribution is -0.384. The molecule has 2 aromatic heterocycles. The van der Waals surface area contributed by atoms with Crippen LogP contribution in [0.3, 0.4) is 0 Å². The molecule has 0 saturated heterocycles. The number of aryl methyl sites for hydroxylation is 2. The Kier molecular flexibility index (Phi) is 5.32. The number of carboxylic acid groups (broad SMARTS) is 1. The van der Waals surface area contributed by atoms with Crippen LogP contribution in [0, 0.1) is 30.9 Å². The van der Waals surface area contributed by atoms with Crippen molar-refractivity contribution in [3.8, 4) is 5.69 Å². The van der Waals surface area contributed by atoms with E-state index in [4.69, 9.17) is 4.42 Å². The van der Waals surface area contributed by atoms with E-state index in [0.717, 1.165) is 28.8 Å². The van der Waals surface area contributed by atoms with Crippen molar-refractivity contribution in [3.05, 3.63) is 68.2 Å². The molecule has 10 heteroatoms. The van der Waals surface area contributed by atoms with Gasteiger partial charge in [0.15, 0.2) is 0 Å². The van der Waals surface area contributed by atoms with E-state index < -0.39 is 10.9 Å². The minimum Gasteiger partial charge on any atom is -0.477 e. The number of thioether (sulfide) groups is 1. The molecular weight excluding hydrogens is 384 g/mol. The monoisotopic (exact) mass is 400 g/mol. The Hall–Kier alpha value is -3.40. The van der Waals surface area contributed by atoms with Crippen LogP contribution in [-0.2, 0) is 4.79 Å². The third-order valence-corrected chi connectivity index (χ3v) is 4.84. The molecule has 3 rings (SSSR count). The third kappa shape index (κ3) is 3.96. The Morgan fingerprint density at radius 3 is 2.46 bits per heavy atom. The molecule has 0 spiro atoms. The quantitative estimate of drug-likeness (QED) is 0.286. The first-order valence-corrected chi connectivity index (χ1v) is 8.94. The summed E-state index contributed by atoms with van der Waals surface area (Å²) in [6.07, 6.45) is 1.54. The van der Waals surface area contributed by atoms with E-state index in [-0.39, 0.29) is 15.8 Å². The number of rotatable bonds is 6. The highest BCUT2D eigenvalue weighted by molar-refractivity contribution is 8.03. The van der Waals surface area contributed by atoms with Gasteiger partial charge in [-0.2, -0.15) is 0 Å². The standard InChI is InChI=1S/C18H16N4O5S/c1-10-8-13(9-16(17(23)24)28-18-20-19-12(3)27-18)11(2)21(10)14-4-6-15(7-5-14)22(25)26/h4-9H,1-3H3,(H,23,24)/b16-9-. The van der Waals surface area contributed by atoms with Crippen molar-refractivity contribution in [1.29, 1.82) is 0 Å². The molecule has 0 unspecified atom stereocenters. The average Bonchev–Trinajstić information content (AvgIpc) is 3.17. The average molecular weight is 400 g/mol. The number of nitro benzene ring substituents is 1. The Morgan fingerprint density at radius 2 is 1.93 bits per heavy atom. The van der Waals surface area contributed by atoms with Gasteiger partial charge in [-0.3, -0.25) is 10.1 Å². The van der Waals surface area contributed by atoms with Gasteiger partial charge in [-0.25, -0.2) is 4.79 Å². The minimum absolute atomic E-state index is 0.00532. The van der Waals surface area contributed by atoms with Crippen molar-refractivity contribution in [2.24, 2.45) is 0 Å². The van der Waals surface area contributed by atoms with Gasteiger partial charge in [-0.05, 0) is 55.4 Å². The normalized spacial score (nSPS) is 11.6. The van der Waals surface area contributed by atoms with Gasteiger partial charge >= 0.3 is 5.97 Å². The highest BCUT2D eigenvalue weighted by atomic mass is 32.2. The fourth-order valence-electron chi connectivity index (χ4n) is 2.74. The van der Waals surface area contributed by atoms with Crippen LogP contribution in [-0.4, -0.2) is 30.8 Å². The number of benzene rings is 1. The van der Waals surface area contributed by atoms with Gasteiger partial charge in [-0.1, -0.05) is 0 Å². The van der Waals surface area contributed by atoms with Crippen LogP contribution in [0.2, 0.25) is 0 Å². The van der Waals surface area contributed by atoms with Crippen LogP contribution in [0.4, 0.5) is 5.69 Å². The molecule has 0 aliphatic carbocycles. The summed E-state index contributed by atoms with van der Waals surface area (Å²) in [6.45, 7) is 5.35. The molecule has 0 fully saturated rings. The van der Waals surface area contributed by atoms with Crippen molar-refractivity contribution in [1.82, 2.24) is 14.8 Å². The van der Waals surface area contributed by atoms with Crippen LogP contribution in [0.5, 0.6) is 0 Å². The summed E-state index contributed by atoms with van der Waals surface area (Å²) in [5.41, 5.74) is 3.12. The topological polar surface area (TPSA) is 124 Å². The first-order valence-electron chi connectivity index (χ1n) is 8.13. The van der Waals surface area contributed by atoms with Gasteiger partial charge in [0.2, 0.25) is 5.89 Å². The van der Waals surface area contributed by atoms with Gasteiger partial charge in [0.25, 0.3) is 10.9 Å². The van der Waals surface area contributed by atoms with Gasteiger partial charge in [-0.15, -0.1) is 10.2 Å². The van der Waals surface area contributed by atoms with Crippen molar-refractivity contribution in [2.45, 2.75) is 26.0 Å². The number of aliphatic carboxylic acids is 1. The summed E-state index contributed by atoms with van der Waals surface area (Å²) in [6, 6.07) is 8.01. The van der Waals surface area contributed by atoms with Crippen LogP contribution in [0.25, 0.3) is 11.8 Å². The summed E-state index contributed by atoms with van der Waals surface area (Å²) >= 11 is 0.874. The molecule has 0 aliphatic rings. The Morgan fingerprint density at radius 1 is 1.25 bits per heavy atom. The fraction of sp³-hybridized carbons (Fsp3) is 0.167. The molecule has 0 atom stereocenters. The summed E-state index contributed by atoms with van der Waals surface area (Å²) in [5, 5.41) is 28.0. The zero-order valence-electron chi connectivity index (χ0n) is 15.2. The molecule has 1 aromatic carbocycles. The van der Waals surface area contributed by atoms with Gasteiger partial charge in [0.05, 0.1) is 4.92 Å². The summed E-state index contributed by atoms with van der Waals surface area (Å²) in [7, 11) is 0. The lowest BCUT2D eigenvalue weighted by Gasteiger charge is -2.09. The van der Waals surface area contributed by atoms with Crippen molar-refractivity contribution in [2.75, 3.05) is 0 Å². The number of hydrogen-bond acceptors (Lipinski definition) is 7. The molecule has 0 bridgehead atoms. The third-order valence-electron chi connectivity index (χ3n) is 3.99. The SMILES string of the molecule is Cc1nnc(S/C(=C\c2cc(C)n(-c3ccc([N+](=O)[O-])cc3)c2C)C(=O)O)o1. The maximum atomic E-state index is 11.6. The van der Waals surface area contributed by atoms with Crippen LogP contribution in [0.15, 0.2) is 44.9 Å². The maximum absolute atomic E-state index is 11.6. The molecule has 9 nitrogen and oxygen atoms in total. The molecule has 0 amide bonds. The van der Waals surface area contributed by atoms with E-state index in [1.165, 1.54) is 18.2 Å². The molecule has 1 N–H and O–H groups in total. The lowest BCUT2D eigenvalue weighted by Crippen LogP contribution is -2.00. The Balaban J connectivity index is 1.98. The number of nitrogens with zero attached hydrogens (tertiary/aromatic N) is 4. The van der Waals surface area contributed by atoms with Crippen LogP contribution >= 0.6 is 11.8 Å². The van der Waals surface area contributed by atoms with E-state index >= 15 is 0 Å². The Bertz CT molecular complexity index is 1080. The van der Waals surface area contributed by atoms with Gasteiger partial charge < -0.3 is 14.1 Å². The number of carboxylic acids is 1. The number of aromatic nitrogens is 3. The summed E-state index contributed by atoms with van der Waals surface area (Å²) < 4.78 is 7.14. The van der Waals surface area contributed by atoms with Gasteiger partial charge in [0.1, 0.15) is 4.91 Å². The first-order chi connectivity index (χ1) is 13.3. The molecule has 3 aromatic rings. The largest absolute Gasteiger partial charge is 0.477 e.